The van der Waals surface area contributed by atoms with Gasteiger partial charge in [0.05, 0.1) is 12.2 Å². The van der Waals surface area contributed by atoms with Gasteiger partial charge in [0, 0.05) is 38.1 Å². The third-order valence-corrected chi connectivity index (χ3v) is 6.18. The number of ether oxygens (including phenoxy) is 1. The maximum absolute atomic E-state index is 12.7. The van der Waals surface area contributed by atoms with Crippen molar-refractivity contribution < 1.29 is 9.53 Å². The van der Waals surface area contributed by atoms with Gasteiger partial charge in [-0.1, -0.05) is 11.3 Å². The van der Waals surface area contributed by atoms with Gasteiger partial charge in [-0.05, 0) is 39.5 Å². The van der Waals surface area contributed by atoms with E-state index in [2.05, 4.69) is 34.3 Å². The van der Waals surface area contributed by atoms with Crippen molar-refractivity contribution in [2.24, 2.45) is 0 Å². The van der Waals surface area contributed by atoms with Crippen molar-refractivity contribution in [2.75, 3.05) is 31.5 Å². The van der Waals surface area contributed by atoms with Gasteiger partial charge in [0.25, 0.3) is 0 Å². The molecular weight excluding hydrogens is 338 g/mol. The van der Waals surface area contributed by atoms with E-state index in [4.69, 9.17) is 4.74 Å². The molecule has 25 heavy (non-hydrogen) atoms. The predicted octanol–water partition coefficient (Wildman–Crippen LogP) is 2.52. The summed E-state index contributed by atoms with van der Waals surface area (Å²) in [6.45, 7) is 7.87. The summed E-state index contributed by atoms with van der Waals surface area (Å²) in [5.74, 6) is 0.577. The van der Waals surface area contributed by atoms with Gasteiger partial charge in [0.2, 0.25) is 5.13 Å². The minimum atomic E-state index is -0.0321. The summed E-state index contributed by atoms with van der Waals surface area (Å²) in [5, 5.41) is 13.0. The Kier molecular flexibility index (Phi) is 4.92. The number of carbonyl (C=O) groups excluding carboxylic acids is 1. The van der Waals surface area contributed by atoms with Crippen LogP contribution in [0.1, 0.15) is 50.5 Å². The van der Waals surface area contributed by atoms with E-state index >= 15 is 0 Å². The smallest absolute Gasteiger partial charge is 0.323 e. The Morgan fingerprint density at radius 3 is 2.72 bits per heavy atom. The monoisotopic (exact) mass is 365 g/mol. The standard InChI is InChI=1S/C17H27N5O2S/c1-11-8-21(9-12(2)24-11)10-14-4-3-7-22(14)17(23)18-16-20-19-15(25-16)13-5-6-13/h11-14H,3-10H2,1-2H3,(H,18,20,23)/t11-,12-,14+/m1/s1. The zero-order valence-electron chi connectivity index (χ0n) is 15.0. The zero-order valence-corrected chi connectivity index (χ0v) is 15.8. The highest BCUT2D eigenvalue weighted by Crippen LogP contribution is 2.42. The fourth-order valence-corrected chi connectivity index (χ4v) is 4.87. The number of carbonyl (C=O) groups is 1. The second-order valence-electron chi connectivity index (χ2n) is 7.62. The Balaban J connectivity index is 1.34. The first-order valence-corrected chi connectivity index (χ1v) is 10.2. The summed E-state index contributed by atoms with van der Waals surface area (Å²) in [4.78, 5) is 17.1. The summed E-state index contributed by atoms with van der Waals surface area (Å²) in [6.07, 6.45) is 5.05. The molecule has 3 heterocycles. The molecule has 3 aliphatic rings. The lowest BCUT2D eigenvalue weighted by molar-refractivity contribution is -0.0712. The van der Waals surface area contributed by atoms with Crippen LogP contribution in [0.15, 0.2) is 0 Å². The topological polar surface area (TPSA) is 70.6 Å². The first-order valence-electron chi connectivity index (χ1n) is 9.37. The highest BCUT2D eigenvalue weighted by Gasteiger charge is 2.33. The number of anilines is 1. The molecule has 3 atom stereocenters. The molecule has 1 aromatic heterocycles. The van der Waals surface area contributed by atoms with E-state index < -0.39 is 0 Å². The molecule has 2 saturated heterocycles. The van der Waals surface area contributed by atoms with E-state index in [-0.39, 0.29) is 24.3 Å². The van der Waals surface area contributed by atoms with Crippen molar-refractivity contribution in [3.63, 3.8) is 0 Å². The Hall–Kier alpha value is -1.25. The van der Waals surface area contributed by atoms with Gasteiger partial charge in [-0.3, -0.25) is 10.2 Å². The third-order valence-electron chi connectivity index (χ3n) is 5.18. The SMILES string of the molecule is C[C@@H]1CN(C[C@@H]2CCCN2C(=O)Nc2nnc(C3CC3)s2)C[C@@H](C)O1. The number of likely N-dealkylation sites (tertiary alicyclic amines) is 1. The Morgan fingerprint density at radius 2 is 2.00 bits per heavy atom. The first kappa shape index (κ1) is 17.2. The predicted molar refractivity (Wildman–Crippen MR) is 97.1 cm³/mol. The lowest BCUT2D eigenvalue weighted by atomic mass is 10.1. The van der Waals surface area contributed by atoms with Crippen LogP contribution in [0.25, 0.3) is 0 Å². The van der Waals surface area contributed by atoms with E-state index in [0.29, 0.717) is 11.0 Å². The lowest BCUT2D eigenvalue weighted by Gasteiger charge is -2.38. The van der Waals surface area contributed by atoms with Crippen LogP contribution < -0.4 is 5.32 Å². The molecule has 8 heteroatoms. The second kappa shape index (κ2) is 7.17. The van der Waals surface area contributed by atoms with E-state index in [1.807, 2.05) is 4.90 Å². The molecule has 2 aliphatic heterocycles. The van der Waals surface area contributed by atoms with Crippen molar-refractivity contribution in [3.05, 3.63) is 5.01 Å². The summed E-state index contributed by atoms with van der Waals surface area (Å²) in [6, 6.07) is 0.240. The molecular formula is C17H27N5O2S. The van der Waals surface area contributed by atoms with Crippen molar-refractivity contribution in [3.8, 4) is 0 Å². The molecule has 2 amide bonds. The van der Waals surface area contributed by atoms with Gasteiger partial charge in [0.1, 0.15) is 5.01 Å². The van der Waals surface area contributed by atoms with E-state index in [1.54, 1.807) is 0 Å². The lowest BCUT2D eigenvalue weighted by Crippen LogP contribution is -2.51. The highest BCUT2D eigenvalue weighted by molar-refractivity contribution is 7.15. The number of morpholine rings is 1. The molecule has 0 bridgehead atoms. The number of hydrogen-bond acceptors (Lipinski definition) is 6. The van der Waals surface area contributed by atoms with Crippen LogP contribution in [0.4, 0.5) is 9.93 Å². The second-order valence-corrected chi connectivity index (χ2v) is 8.62. The van der Waals surface area contributed by atoms with Crippen LogP contribution in [0.3, 0.4) is 0 Å². The van der Waals surface area contributed by atoms with E-state index in [1.165, 1.54) is 24.2 Å². The Labute approximate surface area is 152 Å². The number of nitrogens with one attached hydrogen (secondary N) is 1. The maximum atomic E-state index is 12.7. The minimum Gasteiger partial charge on any atom is -0.373 e. The first-order chi connectivity index (χ1) is 12.1. The molecule has 0 spiro atoms. The molecule has 1 aliphatic carbocycles. The average Bonchev–Trinajstić information content (AvgIpc) is 3.12. The van der Waals surface area contributed by atoms with Crippen LogP contribution in [0.5, 0.6) is 0 Å². The Bertz CT molecular complexity index is 610. The molecule has 138 valence electrons. The van der Waals surface area contributed by atoms with Crippen molar-refractivity contribution in [2.45, 2.75) is 63.7 Å². The van der Waals surface area contributed by atoms with Crippen molar-refractivity contribution in [1.82, 2.24) is 20.0 Å². The van der Waals surface area contributed by atoms with Crippen LogP contribution in [-0.4, -0.2) is 70.5 Å². The van der Waals surface area contributed by atoms with Crippen molar-refractivity contribution in [1.29, 1.82) is 0 Å². The number of nitrogens with zero attached hydrogens (tertiary/aromatic N) is 4. The van der Waals surface area contributed by atoms with Crippen LogP contribution in [0.2, 0.25) is 0 Å². The number of amides is 2. The van der Waals surface area contributed by atoms with Crippen LogP contribution in [0, 0.1) is 0 Å². The molecule has 3 fully saturated rings. The normalized spacial score (nSPS) is 30.6. The molecule has 0 radical (unpaired) electrons. The number of aromatic nitrogens is 2. The summed E-state index contributed by atoms with van der Waals surface area (Å²) in [5.41, 5.74) is 0. The van der Waals surface area contributed by atoms with Crippen molar-refractivity contribution >= 4 is 22.5 Å². The summed E-state index contributed by atoms with van der Waals surface area (Å²) >= 11 is 1.52. The largest absolute Gasteiger partial charge is 0.373 e. The molecule has 0 aromatic carbocycles. The van der Waals surface area contributed by atoms with E-state index in [9.17, 15) is 4.79 Å². The molecule has 1 N–H and O–H groups in total. The third kappa shape index (κ3) is 4.12. The summed E-state index contributed by atoms with van der Waals surface area (Å²) in [7, 11) is 0. The zero-order chi connectivity index (χ0) is 17.4. The van der Waals surface area contributed by atoms with Gasteiger partial charge in [-0.25, -0.2) is 4.79 Å². The maximum Gasteiger partial charge on any atom is 0.323 e. The van der Waals surface area contributed by atoms with Gasteiger partial charge < -0.3 is 9.64 Å². The fourth-order valence-electron chi connectivity index (χ4n) is 3.97. The van der Waals surface area contributed by atoms with E-state index in [0.717, 1.165) is 44.0 Å². The van der Waals surface area contributed by atoms with Gasteiger partial charge in [0.15, 0.2) is 0 Å². The van der Waals surface area contributed by atoms with Crippen LogP contribution in [-0.2, 0) is 4.74 Å². The quantitative estimate of drug-likeness (QED) is 0.888. The summed E-state index contributed by atoms with van der Waals surface area (Å²) < 4.78 is 5.81. The highest BCUT2D eigenvalue weighted by atomic mass is 32.1. The van der Waals surface area contributed by atoms with Gasteiger partial charge in [-0.2, -0.15) is 0 Å². The number of hydrogen-bond donors (Lipinski definition) is 1. The Morgan fingerprint density at radius 1 is 1.24 bits per heavy atom. The average molecular weight is 366 g/mol. The number of urea groups is 1. The fraction of sp³-hybridized carbons (Fsp3) is 0.824. The van der Waals surface area contributed by atoms with Gasteiger partial charge >= 0.3 is 6.03 Å². The molecule has 7 nitrogen and oxygen atoms in total. The minimum absolute atomic E-state index is 0.0321. The van der Waals surface area contributed by atoms with Gasteiger partial charge in [-0.15, -0.1) is 10.2 Å². The van der Waals surface area contributed by atoms with Crippen LogP contribution >= 0.6 is 11.3 Å². The molecule has 1 aromatic rings. The number of rotatable bonds is 4. The molecule has 0 unspecified atom stereocenters. The molecule has 4 rings (SSSR count). The molecule has 1 saturated carbocycles.